The molecule has 0 saturated carbocycles. The highest BCUT2D eigenvalue weighted by Crippen LogP contribution is 2.46. The molecule has 12 aromatic carbocycles. The van der Waals surface area contributed by atoms with Gasteiger partial charge in [0.1, 0.15) is 28.8 Å². The summed E-state index contributed by atoms with van der Waals surface area (Å²) < 4.78 is 145. The average Bonchev–Trinajstić information content (AvgIpc) is 0.790. The lowest BCUT2D eigenvalue weighted by atomic mass is 10.1. The summed E-state index contributed by atoms with van der Waals surface area (Å²) in [6, 6.07) is 53.1. The molecule has 0 bridgehead atoms. The molecule has 0 spiro atoms. The molecular formula is C80H73ClF2N4O17S8. The molecule has 584 valence electrons. The van der Waals surface area contributed by atoms with Crippen molar-refractivity contribution in [3.63, 3.8) is 0 Å². The molecule has 0 heterocycles. The lowest BCUT2D eigenvalue weighted by Crippen LogP contribution is -2.14. The van der Waals surface area contributed by atoms with E-state index in [1.165, 1.54) is 41.7 Å². The Labute approximate surface area is 667 Å². The minimum Gasteiger partial charge on any atom is -0.512 e. The second-order valence-electron chi connectivity index (χ2n) is 24.3. The normalized spacial score (nSPS) is 11.4. The van der Waals surface area contributed by atoms with Crippen molar-refractivity contribution in [2.75, 3.05) is 48.5 Å². The molecule has 0 aliphatic heterocycles. The van der Waals surface area contributed by atoms with Crippen molar-refractivity contribution in [3.05, 3.63) is 283 Å². The Bertz CT molecular complexity index is 6110. The second kappa shape index (κ2) is 37.1. The van der Waals surface area contributed by atoms with E-state index in [9.17, 15) is 83.3 Å². The fraction of sp³-hybridized carbons (Fsp3) is 0.100. The van der Waals surface area contributed by atoms with Crippen LogP contribution in [0.2, 0.25) is 5.02 Å². The van der Waals surface area contributed by atoms with Gasteiger partial charge in [-0.25, -0.2) is 42.5 Å². The van der Waals surface area contributed by atoms with Crippen LogP contribution in [-0.4, -0.2) is 104 Å². The maximum Gasteiger partial charge on any atom is 0.262 e. The number of thioether (sulfide) groups is 4. The van der Waals surface area contributed by atoms with Crippen LogP contribution in [-0.2, 0) is 40.1 Å². The van der Waals surface area contributed by atoms with Crippen LogP contribution < -0.4 is 23.6 Å². The van der Waals surface area contributed by atoms with Gasteiger partial charge in [-0.2, -0.15) is 0 Å². The van der Waals surface area contributed by atoms with E-state index in [0.717, 1.165) is 71.0 Å². The number of nitrogens with one attached hydrogen (secondary N) is 4. The number of benzene rings is 12. The van der Waals surface area contributed by atoms with Gasteiger partial charge in [-0.3, -0.25) is 18.9 Å². The summed E-state index contributed by atoms with van der Waals surface area (Å²) in [6.07, 6.45) is 0. The highest BCUT2D eigenvalue weighted by molar-refractivity contribution is 8.00. The third kappa shape index (κ3) is 21.7. The van der Waals surface area contributed by atoms with Crippen LogP contribution in [0, 0.1) is 25.5 Å². The fourth-order valence-electron chi connectivity index (χ4n) is 10.6. The first kappa shape index (κ1) is 85.4. The largest absolute Gasteiger partial charge is 0.512 e. The molecule has 0 saturated heterocycles. The SMILES string of the molecule is C=C(O)CSc1cc(NS(=O)(=O)c2ccc(C)cc2)c2ccccc2c1O.C=C(O)CSc1cc(NS(=O)(=O)c2ccc(F)c(Cl)c2)c2ccccc2c1O.C=C(O)CSc1cc(NS(=O)(=O)c2ccc(F)c(OCC)c2)c2ccccc2c1O.C=C(O)CSc1cc(NS(=O)(=O)c2cccc(C)c2)c2ccccc2c1O. The number of rotatable bonds is 26. The Morgan fingerprint density at radius 3 is 0.955 bits per heavy atom. The number of aromatic hydroxyl groups is 4. The van der Waals surface area contributed by atoms with E-state index in [0.29, 0.717) is 74.0 Å². The molecule has 0 atom stereocenters. The van der Waals surface area contributed by atoms with E-state index in [2.05, 4.69) is 45.2 Å². The number of sulfonamides is 4. The van der Waals surface area contributed by atoms with Crippen LogP contribution in [0.4, 0.5) is 31.5 Å². The molecule has 32 heteroatoms. The van der Waals surface area contributed by atoms with Crippen molar-refractivity contribution < 1.29 is 88.0 Å². The van der Waals surface area contributed by atoms with Crippen LogP contribution >= 0.6 is 58.6 Å². The van der Waals surface area contributed by atoms with Gasteiger partial charge in [0.2, 0.25) is 0 Å². The summed E-state index contributed by atoms with van der Waals surface area (Å²) in [7, 11) is -15.7. The quantitative estimate of drug-likeness (QED) is 0.0136. The van der Waals surface area contributed by atoms with E-state index >= 15 is 0 Å². The predicted molar refractivity (Wildman–Crippen MR) is 447 cm³/mol. The number of ether oxygens (including phenoxy) is 1. The molecule has 112 heavy (non-hydrogen) atoms. The number of aliphatic hydroxyl groups is 4. The lowest BCUT2D eigenvalue weighted by Gasteiger charge is -2.15. The first-order chi connectivity index (χ1) is 53.0. The molecule has 12 N–H and O–H groups in total. The number of fused-ring (bicyclic) bond motifs is 4. The summed E-state index contributed by atoms with van der Waals surface area (Å²) in [5, 5.41) is 83.2. The molecule has 0 aliphatic rings. The second-order valence-corrected chi connectivity index (χ2v) is 35.5. The number of halogens is 3. The number of phenols is 4. The van der Waals surface area contributed by atoms with Crippen LogP contribution in [0.25, 0.3) is 43.1 Å². The van der Waals surface area contributed by atoms with Gasteiger partial charge in [-0.15, -0.1) is 47.0 Å². The molecule has 0 amide bonds. The molecule has 12 aromatic rings. The van der Waals surface area contributed by atoms with Crippen LogP contribution in [0.15, 0.2) is 295 Å². The van der Waals surface area contributed by atoms with E-state index in [-0.39, 0.29) is 117 Å². The zero-order chi connectivity index (χ0) is 81.6. The van der Waals surface area contributed by atoms with Gasteiger partial charge in [0.05, 0.1) is 120 Å². The smallest absolute Gasteiger partial charge is 0.262 e. The third-order valence-electron chi connectivity index (χ3n) is 15.8. The fourth-order valence-corrected chi connectivity index (χ4v) is 18.4. The highest BCUT2D eigenvalue weighted by Gasteiger charge is 2.25. The summed E-state index contributed by atoms with van der Waals surface area (Å²) in [6.45, 7) is 19.2. The Morgan fingerprint density at radius 1 is 0.366 bits per heavy atom. The Kier molecular flexibility index (Phi) is 28.3. The molecule has 21 nitrogen and oxygen atoms in total. The van der Waals surface area contributed by atoms with E-state index in [1.807, 2.05) is 19.9 Å². The Morgan fingerprint density at radius 2 is 0.652 bits per heavy atom. The molecule has 0 unspecified atom stereocenters. The van der Waals surface area contributed by atoms with Crippen molar-refractivity contribution in [1.82, 2.24) is 0 Å². The van der Waals surface area contributed by atoms with Gasteiger partial charge in [0, 0.05) is 49.2 Å². The summed E-state index contributed by atoms with van der Waals surface area (Å²) in [5.41, 5.74) is 2.97. The minimum absolute atomic E-state index is 0.0276. The zero-order valence-corrected chi connectivity index (χ0v) is 66.9. The summed E-state index contributed by atoms with van der Waals surface area (Å²) in [4.78, 5) is 1.59. The standard InChI is InChI=1S/C21H20FNO5S2.2C20H19NO4S2.C19H15ClFNO4S2/c1-3-28-19-10-14(8-9-17(19)22)30(26,27)23-18-11-20(29-12-13(2)24)21(25)16-7-5-4-6-15(16)18;1-13-6-5-7-15(10-13)27(24,25)21-18-11-19(26-12-14(2)22)20(23)17-9-4-3-8-16(17)18;1-13-7-9-15(10-8-13)27(24,25)21-18-11-19(26-12-14(2)22)20(23)17-6-4-3-5-16(17)18;1-11(23)10-27-18-9-17(13-4-2-3-5-14(13)19(18)24)22-28(25,26)12-6-7-16(21)15(20)8-12/h4-11,23-25H,2-3,12H2,1H3;2*3-11,21-23H,2,12H2,1H3;2-9,22-24H,1,10H2. The molecule has 0 radical (unpaired) electrons. The van der Waals surface area contributed by atoms with Gasteiger partial charge in [0.25, 0.3) is 40.1 Å². The van der Waals surface area contributed by atoms with Crippen molar-refractivity contribution in [2.24, 2.45) is 0 Å². The van der Waals surface area contributed by atoms with Crippen LogP contribution in [0.5, 0.6) is 28.7 Å². The van der Waals surface area contributed by atoms with Crippen LogP contribution in [0.1, 0.15) is 18.1 Å². The molecule has 0 fully saturated rings. The van der Waals surface area contributed by atoms with Crippen molar-refractivity contribution >= 4 is 165 Å². The Balaban J connectivity index is 0.000000172. The lowest BCUT2D eigenvalue weighted by molar-refractivity contribution is 0.320. The van der Waals surface area contributed by atoms with Gasteiger partial charge < -0.3 is 45.6 Å². The topological polar surface area (TPSA) is 356 Å². The first-order valence-electron chi connectivity index (χ1n) is 33.1. The molecule has 0 aromatic heterocycles. The van der Waals surface area contributed by atoms with Crippen molar-refractivity contribution in [2.45, 2.75) is 59.9 Å². The minimum atomic E-state index is -4.08. The van der Waals surface area contributed by atoms with Crippen molar-refractivity contribution in [1.29, 1.82) is 0 Å². The first-order valence-corrected chi connectivity index (χ1v) is 43.3. The summed E-state index contributed by atoms with van der Waals surface area (Å²) in [5.74, 6) is -1.11. The van der Waals surface area contributed by atoms with Gasteiger partial charge >= 0.3 is 0 Å². The monoisotopic (exact) mass is 1690 g/mol. The van der Waals surface area contributed by atoms with E-state index in [4.69, 9.17) is 16.3 Å². The summed E-state index contributed by atoms with van der Waals surface area (Å²) >= 11 is 10.3. The van der Waals surface area contributed by atoms with E-state index < -0.39 is 51.7 Å². The number of phenolic OH excluding ortho intramolecular Hbond substituents is 4. The number of aliphatic hydroxyl groups excluding tert-OH is 4. The van der Waals surface area contributed by atoms with Gasteiger partial charge in [0.15, 0.2) is 11.6 Å². The highest BCUT2D eigenvalue weighted by atomic mass is 35.5. The number of hydrogen-bond donors (Lipinski definition) is 12. The van der Waals surface area contributed by atoms with Crippen LogP contribution in [0.3, 0.4) is 0 Å². The molecular weight excluding hydrogens is 1620 g/mol. The maximum absolute atomic E-state index is 13.8. The maximum atomic E-state index is 13.8. The van der Waals surface area contributed by atoms with E-state index in [1.54, 1.807) is 153 Å². The predicted octanol–water partition coefficient (Wildman–Crippen LogP) is 20.0. The Hall–Kier alpha value is -10.6. The number of anilines is 4. The average molecular weight is 1690 g/mol. The van der Waals surface area contributed by atoms with Crippen molar-refractivity contribution in [3.8, 4) is 28.7 Å². The zero-order valence-electron chi connectivity index (χ0n) is 59.6. The van der Waals surface area contributed by atoms with Gasteiger partial charge in [-0.1, -0.05) is 165 Å². The molecule has 12 rings (SSSR count). The number of aryl methyl sites for hydroxylation is 2. The van der Waals surface area contributed by atoms with Gasteiger partial charge in [-0.05, 0) is 105 Å². The third-order valence-corrected chi connectivity index (χ3v) is 26.0. The number of hydrogen-bond acceptors (Lipinski definition) is 21. The molecule has 0 aliphatic carbocycles.